The summed E-state index contributed by atoms with van der Waals surface area (Å²) in [6, 6.07) is 3.56. The van der Waals surface area contributed by atoms with Crippen LogP contribution in [0.25, 0.3) is 0 Å². The van der Waals surface area contributed by atoms with E-state index in [4.69, 9.17) is 21.1 Å². The molecule has 1 heterocycles. The molecule has 16 heavy (non-hydrogen) atoms. The summed E-state index contributed by atoms with van der Waals surface area (Å²) >= 11 is 6.09. The second kappa shape index (κ2) is 5.01. The first-order chi connectivity index (χ1) is 7.72. The van der Waals surface area contributed by atoms with Crippen LogP contribution in [-0.4, -0.2) is 25.5 Å². The zero-order chi connectivity index (χ0) is 11.5. The van der Waals surface area contributed by atoms with Gasteiger partial charge in [0.15, 0.2) is 6.79 Å². The molecule has 0 saturated heterocycles. The van der Waals surface area contributed by atoms with E-state index in [1.807, 2.05) is 0 Å². The van der Waals surface area contributed by atoms with Gasteiger partial charge in [-0.1, -0.05) is 11.6 Å². The monoisotopic (exact) mass is 243 g/mol. The molecule has 1 aliphatic rings. The minimum absolute atomic E-state index is 0.246. The third kappa shape index (κ3) is 2.30. The van der Waals surface area contributed by atoms with E-state index in [2.05, 4.69) is 5.32 Å². The highest BCUT2D eigenvalue weighted by Gasteiger charge is 2.17. The van der Waals surface area contributed by atoms with E-state index < -0.39 is 6.10 Å². The van der Waals surface area contributed by atoms with E-state index in [-0.39, 0.29) is 6.79 Å². The van der Waals surface area contributed by atoms with Gasteiger partial charge in [-0.25, -0.2) is 0 Å². The quantitative estimate of drug-likeness (QED) is 0.844. The maximum Gasteiger partial charge on any atom is 0.189 e. The van der Waals surface area contributed by atoms with Crippen molar-refractivity contribution in [1.82, 2.24) is 5.32 Å². The van der Waals surface area contributed by atoms with E-state index in [1.54, 1.807) is 19.2 Å². The Morgan fingerprint density at radius 2 is 2.38 bits per heavy atom. The summed E-state index contributed by atoms with van der Waals surface area (Å²) in [7, 11) is 1.78. The number of nitrogens with one attached hydrogen (secondary N) is 1. The average molecular weight is 244 g/mol. The summed E-state index contributed by atoms with van der Waals surface area (Å²) in [5.74, 6) is 0.737. The molecule has 1 aliphatic heterocycles. The van der Waals surface area contributed by atoms with Gasteiger partial charge < -0.3 is 19.9 Å². The van der Waals surface area contributed by atoms with Crippen LogP contribution in [0.1, 0.15) is 17.2 Å². The fourth-order valence-corrected chi connectivity index (χ4v) is 1.99. The number of aliphatic hydroxyl groups excluding tert-OH is 1. The van der Waals surface area contributed by atoms with Gasteiger partial charge in [-0.2, -0.15) is 0 Å². The lowest BCUT2D eigenvalue weighted by Gasteiger charge is -2.21. The molecule has 2 N–H and O–H groups in total. The molecule has 0 aromatic heterocycles. The molecule has 0 bridgehead atoms. The lowest BCUT2D eigenvalue weighted by Crippen LogP contribution is -2.18. The van der Waals surface area contributed by atoms with Crippen LogP contribution in [0.4, 0.5) is 0 Å². The van der Waals surface area contributed by atoms with Gasteiger partial charge in [0.2, 0.25) is 0 Å². The number of fused-ring (bicyclic) bond motifs is 1. The zero-order valence-corrected chi connectivity index (χ0v) is 9.75. The van der Waals surface area contributed by atoms with E-state index in [0.29, 0.717) is 23.7 Å². The molecule has 0 fully saturated rings. The molecule has 0 saturated carbocycles. The van der Waals surface area contributed by atoms with Crippen molar-refractivity contribution < 1.29 is 14.6 Å². The van der Waals surface area contributed by atoms with Gasteiger partial charge in [-0.05, 0) is 19.2 Å². The summed E-state index contributed by atoms with van der Waals surface area (Å²) in [6.45, 7) is 1.20. The molecule has 5 heteroatoms. The highest BCUT2D eigenvalue weighted by molar-refractivity contribution is 6.31. The molecule has 2 rings (SSSR count). The van der Waals surface area contributed by atoms with Gasteiger partial charge >= 0.3 is 0 Å². The number of halogens is 1. The highest BCUT2D eigenvalue weighted by Crippen LogP contribution is 2.33. The standard InChI is InChI=1S/C11H14ClNO3/c1-13-4-10(14)8-3-11-7(2-9(8)12)5-15-6-16-11/h2-3,10,13-14H,4-6H2,1H3. The second-order valence-electron chi connectivity index (χ2n) is 3.67. The minimum atomic E-state index is -0.630. The van der Waals surface area contributed by atoms with Crippen molar-refractivity contribution in [2.45, 2.75) is 12.7 Å². The number of hydrogen-bond acceptors (Lipinski definition) is 4. The molecule has 0 spiro atoms. The topological polar surface area (TPSA) is 50.7 Å². The van der Waals surface area contributed by atoms with Crippen molar-refractivity contribution in [2.75, 3.05) is 20.4 Å². The van der Waals surface area contributed by atoms with Crippen molar-refractivity contribution in [1.29, 1.82) is 0 Å². The molecule has 1 aromatic rings. The maximum absolute atomic E-state index is 9.87. The largest absolute Gasteiger partial charge is 0.467 e. The lowest BCUT2D eigenvalue weighted by atomic mass is 10.1. The van der Waals surface area contributed by atoms with Gasteiger partial charge in [0.05, 0.1) is 12.7 Å². The summed E-state index contributed by atoms with van der Waals surface area (Å²) < 4.78 is 10.5. The van der Waals surface area contributed by atoms with Gasteiger partial charge in [-0.15, -0.1) is 0 Å². The fourth-order valence-electron chi connectivity index (χ4n) is 1.67. The number of hydrogen-bond donors (Lipinski definition) is 2. The first-order valence-corrected chi connectivity index (χ1v) is 5.45. The van der Waals surface area contributed by atoms with Crippen LogP contribution in [0, 0.1) is 0 Å². The predicted molar refractivity (Wildman–Crippen MR) is 60.6 cm³/mol. The molecular weight excluding hydrogens is 230 g/mol. The Morgan fingerprint density at radius 1 is 1.56 bits per heavy atom. The molecule has 88 valence electrons. The van der Waals surface area contributed by atoms with Crippen molar-refractivity contribution in [3.8, 4) is 5.75 Å². The second-order valence-corrected chi connectivity index (χ2v) is 4.07. The van der Waals surface area contributed by atoms with Gasteiger partial charge in [0, 0.05) is 22.7 Å². The SMILES string of the molecule is CNCC(O)c1cc2c(cc1Cl)COCO2. The Bertz CT molecular complexity index is 384. The average Bonchev–Trinajstić information content (AvgIpc) is 2.28. The van der Waals surface area contributed by atoms with Crippen molar-refractivity contribution in [3.63, 3.8) is 0 Å². The number of benzene rings is 1. The van der Waals surface area contributed by atoms with Crippen molar-refractivity contribution >= 4 is 11.6 Å². The Kier molecular flexibility index (Phi) is 3.66. The predicted octanol–water partition coefficient (Wildman–Crippen LogP) is 1.46. The Morgan fingerprint density at radius 3 is 3.12 bits per heavy atom. The number of rotatable bonds is 3. The number of ether oxygens (including phenoxy) is 2. The highest BCUT2D eigenvalue weighted by atomic mass is 35.5. The van der Waals surface area contributed by atoms with Crippen molar-refractivity contribution in [2.24, 2.45) is 0 Å². The molecule has 0 aliphatic carbocycles. The third-order valence-electron chi connectivity index (χ3n) is 2.49. The summed E-state index contributed by atoms with van der Waals surface area (Å²) in [4.78, 5) is 0. The van der Waals surface area contributed by atoms with E-state index in [0.717, 1.165) is 11.3 Å². The Hall–Kier alpha value is -0.810. The molecule has 0 radical (unpaired) electrons. The fraction of sp³-hybridized carbons (Fsp3) is 0.455. The smallest absolute Gasteiger partial charge is 0.189 e. The summed E-state index contributed by atoms with van der Waals surface area (Å²) in [5, 5.41) is 13.3. The molecule has 1 aromatic carbocycles. The zero-order valence-electron chi connectivity index (χ0n) is 9.00. The van der Waals surface area contributed by atoms with E-state index in [1.165, 1.54) is 0 Å². The Labute approximate surface area is 99.1 Å². The van der Waals surface area contributed by atoms with Crippen LogP contribution in [0.3, 0.4) is 0 Å². The molecule has 4 nitrogen and oxygen atoms in total. The van der Waals surface area contributed by atoms with Gasteiger partial charge in [-0.3, -0.25) is 0 Å². The molecule has 1 unspecified atom stereocenters. The van der Waals surface area contributed by atoms with Crippen LogP contribution in [-0.2, 0) is 11.3 Å². The number of likely N-dealkylation sites (N-methyl/N-ethyl adjacent to an activating group) is 1. The molecule has 0 amide bonds. The van der Waals surface area contributed by atoms with Crippen molar-refractivity contribution in [3.05, 3.63) is 28.3 Å². The van der Waals surface area contributed by atoms with Crippen LogP contribution in [0.15, 0.2) is 12.1 Å². The van der Waals surface area contributed by atoms with Gasteiger partial charge in [0.25, 0.3) is 0 Å². The molecule has 1 atom stereocenters. The normalized spacial score (nSPS) is 16.4. The summed E-state index contributed by atoms with van der Waals surface area (Å²) in [5.41, 5.74) is 1.59. The lowest BCUT2D eigenvalue weighted by molar-refractivity contribution is -0.0165. The third-order valence-corrected chi connectivity index (χ3v) is 2.82. The van der Waals surface area contributed by atoms with Crippen LogP contribution >= 0.6 is 11.6 Å². The Balaban J connectivity index is 2.31. The maximum atomic E-state index is 9.87. The van der Waals surface area contributed by atoms with Crippen LogP contribution < -0.4 is 10.1 Å². The van der Waals surface area contributed by atoms with Crippen LogP contribution in [0.2, 0.25) is 5.02 Å². The summed E-state index contributed by atoms with van der Waals surface area (Å²) in [6.07, 6.45) is -0.630. The van der Waals surface area contributed by atoms with E-state index >= 15 is 0 Å². The van der Waals surface area contributed by atoms with Crippen LogP contribution in [0.5, 0.6) is 5.75 Å². The van der Waals surface area contributed by atoms with Gasteiger partial charge in [0.1, 0.15) is 5.75 Å². The first kappa shape index (κ1) is 11.7. The van der Waals surface area contributed by atoms with E-state index in [9.17, 15) is 5.11 Å². The first-order valence-electron chi connectivity index (χ1n) is 5.08. The minimum Gasteiger partial charge on any atom is -0.467 e. The number of aliphatic hydroxyl groups is 1. The molecular formula is C11H14ClNO3.